The predicted octanol–water partition coefficient (Wildman–Crippen LogP) is 6.73. The fourth-order valence-corrected chi connectivity index (χ4v) is 6.11. The first kappa shape index (κ1) is 33.4. The molecule has 0 saturated carbocycles. The Morgan fingerprint density at radius 1 is 0.936 bits per heavy atom. The van der Waals surface area contributed by atoms with Crippen LogP contribution in [0.15, 0.2) is 102 Å². The quantitative estimate of drug-likeness (QED) is 0.131. The number of amides is 2. The van der Waals surface area contributed by atoms with Crippen LogP contribution in [0.2, 0.25) is 0 Å². The molecule has 1 aromatic heterocycles. The summed E-state index contributed by atoms with van der Waals surface area (Å²) < 4.78 is 5.34. The van der Waals surface area contributed by atoms with Crippen molar-refractivity contribution < 1.29 is 19.4 Å². The molecule has 242 valence electrons. The van der Waals surface area contributed by atoms with Crippen molar-refractivity contribution in [3.05, 3.63) is 135 Å². The van der Waals surface area contributed by atoms with E-state index in [9.17, 15) is 14.7 Å². The first-order valence-corrected chi connectivity index (χ1v) is 16.4. The van der Waals surface area contributed by atoms with Gasteiger partial charge in [-0.3, -0.25) is 9.59 Å². The number of anilines is 1. The van der Waals surface area contributed by atoms with Gasteiger partial charge in [-0.15, -0.1) is 11.3 Å². The number of aliphatic hydroxyl groups excluding tert-OH is 1. The monoisotopic (exact) mass is 648 g/mol. The molecule has 0 aliphatic carbocycles. The maximum Gasteiger partial charge on any atom is 0.254 e. The first-order valence-electron chi connectivity index (χ1n) is 15.5. The largest absolute Gasteiger partial charge is 0.497 e. The summed E-state index contributed by atoms with van der Waals surface area (Å²) in [5, 5.41) is 20.4. The summed E-state index contributed by atoms with van der Waals surface area (Å²) in [5.74, 6) is 0.211. The highest BCUT2D eigenvalue weighted by molar-refractivity contribution is 7.09. The Labute approximate surface area is 280 Å². The molecule has 8 nitrogen and oxygen atoms in total. The van der Waals surface area contributed by atoms with Crippen LogP contribution in [0.4, 0.5) is 5.69 Å². The first-order chi connectivity index (χ1) is 22.7. The van der Waals surface area contributed by atoms with Crippen molar-refractivity contribution in [2.75, 3.05) is 19.5 Å². The number of nitrogens with zero attached hydrogens (tertiary/aromatic N) is 2. The molecular weight excluding hydrogens is 609 g/mol. The van der Waals surface area contributed by atoms with Gasteiger partial charge in [0.05, 0.1) is 25.8 Å². The van der Waals surface area contributed by atoms with Gasteiger partial charge in [0.1, 0.15) is 10.8 Å². The lowest BCUT2D eigenvalue weighted by molar-refractivity contribution is 0.0785. The van der Waals surface area contributed by atoms with E-state index in [1.165, 1.54) is 11.3 Å². The highest BCUT2D eigenvalue weighted by Crippen LogP contribution is 2.25. The lowest BCUT2D eigenvalue weighted by Gasteiger charge is -2.22. The van der Waals surface area contributed by atoms with Crippen molar-refractivity contribution in [1.29, 1.82) is 0 Å². The molecule has 5 rings (SSSR count). The summed E-state index contributed by atoms with van der Waals surface area (Å²) in [5.41, 5.74) is 6.21. The molecule has 0 unspecified atom stereocenters. The normalized spacial score (nSPS) is 12.2. The second-order valence-electron chi connectivity index (χ2n) is 11.6. The molecule has 0 radical (unpaired) electrons. The number of carbonyl (C=O) groups excluding carboxylic acids is 2. The number of hydrogen-bond donors (Lipinski definition) is 3. The second-order valence-corrected chi connectivity index (χ2v) is 12.5. The Morgan fingerprint density at radius 3 is 2.43 bits per heavy atom. The SMILES string of the molecule is COc1cccc(CNc2ccccc2C[C@@H](O)[C@H](C)NC(=O)c2cc(C(=O)N(C)Cc3nc(C)cs3)cc(-c3ccccc3)c2)c1. The number of aromatic nitrogens is 1. The van der Waals surface area contributed by atoms with E-state index in [-0.39, 0.29) is 11.8 Å². The summed E-state index contributed by atoms with van der Waals surface area (Å²) in [4.78, 5) is 33.3. The van der Waals surface area contributed by atoms with Crippen LogP contribution in [0.25, 0.3) is 11.1 Å². The zero-order chi connectivity index (χ0) is 33.3. The molecule has 0 spiro atoms. The smallest absolute Gasteiger partial charge is 0.254 e. The summed E-state index contributed by atoms with van der Waals surface area (Å²) in [6.07, 6.45) is -0.526. The van der Waals surface area contributed by atoms with E-state index in [1.807, 2.05) is 97.2 Å². The van der Waals surface area contributed by atoms with Crippen LogP contribution in [0, 0.1) is 6.92 Å². The number of benzene rings is 4. The third-order valence-electron chi connectivity index (χ3n) is 7.93. The minimum absolute atomic E-state index is 0.212. The van der Waals surface area contributed by atoms with E-state index < -0.39 is 12.1 Å². The van der Waals surface area contributed by atoms with Crippen molar-refractivity contribution in [2.24, 2.45) is 0 Å². The maximum absolute atomic E-state index is 13.6. The van der Waals surface area contributed by atoms with Gasteiger partial charge in [0.15, 0.2) is 0 Å². The number of hydrogen-bond acceptors (Lipinski definition) is 7. The number of nitrogens with one attached hydrogen (secondary N) is 2. The van der Waals surface area contributed by atoms with Gasteiger partial charge in [-0.05, 0) is 72.5 Å². The van der Waals surface area contributed by atoms with Crippen molar-refractivity contribution >= 4 is 28.8 Å². The van der Waals surface area contributed by atoms with Gasteiger partial charge in [0.25, 0.3) is 11.8 Å². The van der Waals surface area contributed by atoms with E-state index >= 15 is 0 Å². The fraction of sp³-hybridized carbons (Fsp3) is 0.237. The molecule has 2 atom stereocenters. The van der Waals surface area contributed by atoms with E-state index in [2.05, 4.69) is 15.6 Å². The molecule has 3 N–H and O–H groups in total. The van der Waals surface area contributed by atoms with Crippen molar-refractivity contribution in [2.45, 2.75) is 45.5 Å². The van der Waals surface area contributed by atoms with Crippen molar-refractivity contribution in [1.82, 2.24) is 15.2 Å². The number of methoxy groups -OCH3 is 1. The minimum atomic E-state index is -0.856. The Bertz CT molecular complexity index is 1820. The third-order valence-corrected chi connectivity index (χ3v) is 8.89. The van der Waals surface area contributed by atoms with E-state index in [0.29, 0.717) is 30.6 Å². The molecule has 0 bridgehead atoms. The zero-order valence-corrected chi connectivity index (χ0v) is 27.9. The number of carbonyl (C=O) groups is 2. The number of para-hydroxylation sites is 1. The van der Waals surface area contributed by atoms with Gasteiger partial charge in [-0.2, -0.15) is 0 Å². The Hall–Kier alpha value is -4.99. The molecule has 5 aromatic rings. The standard InChI is InChI=1S/C38H40N4O4S/c1-25-24-47-36(40-25)23-42(3)38(45)32-19-30(28-12-6-5-7-13-28)18-31(20-32)37(44)41-26(2)35(43)21-29-14-8-9-16-34(29)39-22-27-11-10-15-33(17-27)46-4/h5-20,24,26,35,39,43H,21-23H2,1-4H3,(H,41,44)/t26-,35+/m0/s1. The lowest BCUT2D eigenvalue weighted by atomic mass is 9.98. The topological polar surface area (TPSA) is 104 Å². The van der Waals surface area contributed by atoms with Crippen LogP contribution in [0.1, 0.15) is 49.5 Å². The van der Waals surface area contributed by atoms with Crippen molar-refractivity contribution in [3.63, 3.8) is 0 Å². The van der Waals surface area contributed by atoms with Crippen LogP contribution in [-0.2, 0) is 19.5 Å². The molecule has 4 aromatic carbocycles. The van der Waals surface area contributed by atoms with Gasteiger partial charge in [0, 0.05) is 47.9 Å². The lowest BCUT2D eigenvalue weighted by Crippen LogP contribution is -2.42. The second kappa shape index (κ2) is 15.5. The van der Waals surface area contributed by atoms with Gasteiger partial charge >= 0.3 is 0 Å². The summed E-state index contributed by atoms with van der Waals surface area (Å²) in [7, 11) is 3.38. The molecule has 0 fully saturated rings. The molecule has 0 aliphatic rings. The van der Waals surface area contributed by atoms with Gasteiger partial charge in [-0.25, -0.2) is 4.98 Å². The number of ether oxygens (including phenoxy) is 1. The van der Waals surface area contributed by atoms with Crippen LogP contribution in [0.3, 0.4) is 0 Å². The fourth-order valence-electron chi connectivity index (χ4n) is 5.29. The molecule has 9 heteroatoms. The van der Waals surface area contributed by atoms with Crippen LogP contribution in [0.5, 0.6) is 5.75 Å². The van der Waals surface area contributed by atoms with E-state index in [4.69, 9.17) is 4.74 Å². The number of aryl methyl sites for hydroxylation is 1. The van der Waals surface area contributed by atoms with Crippen molar-refractivity contribution in [3.8, 4) is 16.9 Å². The molecule has 2 amide bonds. The van der Waals surface area contributed by atoms with Gasteiger partial charge in [0.2, 0.25) is 0 Å². The van der Waals surface area contributed by atoms with E-state index in [0.717, 1.165) is 44.4 Å². The van der Waals surface area contributed by atoms with Crippen LogP contribution in [-0.4, -0.2) is 53.1 Å². The molecule has 0 aliphatic heterocycles. The number of aliphatic hydroxyl groups is 1. The average molecular weight is 649 g/mol. The van der Waals surface area contributed by atoms with Crippen LogP contribution >= 0.6 is 11.3 Å². The summed E-state index contributed by atoms with van der Waals surface area (Å²) in [6, 6.07) is 30.0. The Morgan fingerprint density at radius 2 is 1.68 bits per heavy atom. The number of thiazole rings is 1. The highest BCUT2D eigenvalue weighted by atomic mass is 32.1. The Balaban J connectivity index is 1.30. The highest BCUT2D eigenvalue weighted by Gasteiger charge is 2.22. The summed E-state index contributed by atoms with van der Waals surface area (Å²) >= 11 is 1.51. The third kappa shape index (κ3) is 8.84. The summed E-state index contributed by atoms with van der Waals surface area (Å²) in [6.45, 7) is 4.67. The minimum Gasteiger partial charge on any atom is -0.497 e. The van der Waals surface area contributed by atoms with Gasteiger partial charge < -0.3 is 25.4 Å². The average Bonchev–Trinajstić information content (AvgIpc) is 3.51. The van der Waals surface area contributed by atoms with Crippen LogP contribution < -0.4 is 15.4 Å². The Kier molecular flexibility index (Phi) is 11.0. The maximum atomic E-state index is 13.6. The van der Waals surface area contributed by atoms with Gasteiger partial charge in [-0.1, -0.05) is 60.7 Å². The molecular formula is C38H40N4O4S. The zero-order valence-electron chi connectivity index (χ0n) is 27.1. The molecule has 47 heavy (non-hydrogen) atoms. The number of rotatable bonds is 13. The van der Waals surface area contributed by atoms with E-state index in [1.54, 1.807) is 38.1 Å². The molecule has 0 saturated heterocycles. The molecule has 1 heterocycles. The predicted molar refractivity (Wildman–Crippen MR) is 188 cm³/mol.